The Morgan fingerprint density at radius 2 is 1.97 bits per heavy atom. The van der Waals surface area contributed by atoms with Crippen molar-refractivity contribution in [2.45, 2.75) is 38.3 Å². The molecule has 0 radical (unpaired) electrons. The molecule has 2 aromatic heterocycles. The highest BCUT2D eigenvalue weighted by Crippen LogP contribution is 2.34. The van der Waals surface area contributed by atoms with Crippen LogP contribution in [0.15, 0.2) is 73.2 Å². The molecule has 0 bridgehead atoms. The molecular formula is C29H31ClN4O3. The topological polar surface area (TPSA) is 103 Å². The minimum absolute atomic E-state index is 0. The number of carboxylic acid groups (broad SMARTS) is 1. The number of nitrogens with zero attached hydrogens (tertiary/aromatic N) is 3. The molecule has 1 aliphatic rings. The Morgan fingerprint density at radius 1 is 1.16 bits per heavy atom. The first-order valence-electron chi connectivity index (χ1n) is 12.2. The number of aromatic nitrogens is 3. The number of carboxylic acids is 1. The highest BCUT2D eigenvalue weighted by molar-refractivity contribution is 5.88. The minimum Gasteiger partial charge on any atom is -0.497 e. The molecule has 0 spiro atoms. The van der Waals surface area contributed by atoms with Crippen molar-refractivity contribution in [3.8, 4) is 16.9 Å². The lowest BCUT2D eigenvalue weighted by atomic mass is 9.84. The molecule has 3 N–H and O–H groups in total. The van der Waals surface area contributed by atoms with Crippen molar-refractivity contribution in [1.29, 1.82) is 0 Å². The quantitative estimate of drug-likeness (QED) is 0.316. The van der Waals surface area contributed by atoms with Crippen LogP contribution in [0.4, 0.5) is 0 Å². The van der Waals surface area contributed by atoms with Gasteiger partial charge in [-0.1, -0.05) is 42.5 Å². The number of methoxy groups -OCH3 is 1. The summed E-state index contributed by atoms with van der Waals surface area (Å²) in [4.78, 5) is 20.3. The van der Waals surface area contributed by atoms with Crippen LogP contribution in [0, 0.1) is 5.92 Å². The van der Waals surface area contributed by atoms with Crippen molar-refractivity contribution in [2.24, 2.45) is 11.7 Å². The van der Waals surface area contributed by atoms with Crippen LogP contribution in [-0.4, -0.2) is 38.8 Å². The standard InChI is InChI=1S/C29H30N4O3.ClH/c1-36-24-4-2-3-23(16-24)21-9-7-20(8-10-21)17-33-14-13-25-27(31-18-32-28(25)33)22-11-5-19(6-12-22)15-26(30)29(34)35;/h2-4,7-11,13-14,16,18-19,26H,5-6,12,15,17,30H2,1H3,(H,34,35);1H/t19?,26-;/m0./s1. The summed E-state index contributed by atoms with van der Waals surface area (Å²) in [6.45, 7) is 0.715. The van der Waals surface area contributed by atoms with Gasteiger partial charge >= 0.3 is 5.97 Å². The molecule has 2 atom stereocenters. The van der Waals surface area contributed by atoms with Gasteiger partial charge in [0, 0.05) is 18.1 Å². The largest absolute Gasteiger partial charge is 0.497 e. The molecule has 4 aromatic rings. The Morgan fingerprint density at radius 3 is 2.68 bits per heavy atom. The van der Waals surface area contributed by atoms with Crippen LogP contribution in [-0.2, 0) is 11.3 Å². The maximum atomic E-state index is 11.1. The number of benzene rings is 2. The van der Waals surface area contributed by atoms with Crippen LogP contribution in [0.3, 0.4) is 0 Å². The van der Waals surface area contributed by atoms with E-state index in [9.17, 15) is 4.79 Å². The summed E-state index contributed by atoms with van der Waals surface area (Å²) in [5, 5.41) is 10.1. The second kappa shape index (κ2) is 11.6. The molecule has 2 aromatic carbocycles. The predicted octanol–water partition coefficient (Wildman–Crippen LogP) is 5.56. The lowest BCUT2D eigenvalue weighted by molar-refractivity contribution is -0.138. The van der Waals surface area contributed by atoms with Gasteiger partial charge in [0.1, 0.15) is 23.8 Å². The lowest BCUT2D eigenvalue weighted by Gasteiger charge is -2.23. The van der Waals surface area contributed by atoms with E-state index in [1.807, 2.05) is 18.2 Å². The summed E-state index contributed by atoms with van der Waals surface area (Å²) in [5.41, 5.74) is 12.3. The highest BCUT2D eigenvalue weighted by Gasteiger charge is 2.23. The molecular weight excluding hydrogens is 488 g/mol. The number of nitrogens with two attached hydrogens (primary N) is 1. The number of hydrogen-bond donors (Lipinski definition) is 2. The van der Waals surface area contributed by atoms with E-state index in [0.29, 0.717) is 18.9 Å². The van der Waals surface area contributed by atoms with Crippen molar-refractivity contribution < 1.29 is 14.6 Å². The van der Waals surface area contributed by atoms with Gasteiger partial charge in [-0.25, -0.2) is 9.97 Å². The maximum absolute atomic E-state index is 11.1. The molecule has 0 saturated carbocycles. The Bertz CT molecular complexity index is 1410. The zero-order valence-electron chi connectivity index (χ0n) is 20.7. The Kier molecular flexibility index (Phi) is 8.26. The fourth-order valence-corrected chi connectivity index (χ4v) is 4.97. The number of fused-ring (bicyclic) bond motifs is 1. The third kappa shape index (κ3) is 5.84. The fourth-order valence-electron chi connectivity index (χ4n) is 4.97. The minimum atomic E-state index is -0.932. The van der Waals surface area contributed by atoms with Crippen LogP contribution in [0.25, 0.3) is 27.7 Å². The van der Waals surface area contributed by atoms with Gasteiger partial charge in [0.15, 0.2) is 0 Å². The third-order valence-electron chi connectivity index (χ3n) is 6.99. The molecule has 1 unspecified atom stereocenters. The molecule has 0 aliphatic heterocycles. The molecule has 1 aliphatic carbocycles. The number of aliphatic carboxylic acids is 1. The SMILES string of the molecule is COc1cccc(-c2ccc(Cn3ccc4c(C5=CCC(C[C@H](N)C(=O)O)CC5)ncnc43)cc2)c1.Cl. The van der Waals surface area contributed by atoms with Crippen molar-refractivity contribution in [1.82, 2.24) is 14.5 Å². The summed E-state index contributed by atoms with van der Waals surface area (Å²) in [6, 6.07) is 17.9. The van der Waals surface area contributed by atoms with Gasteiger partial charge < -0.3 is 20.1 Å². The van der Waals surface area contributed by atoms with Gasteiger partial charge in [-0.05, 0) is 72.1 Å². The van der Waals surface area contributed by atoms with Crippen molar-refractivity contribution in [3.05, 3.63) is 84.5 Å². The first-order valence-corrected chi connectivity index (χ1v) is 12.2. The summed E-state index contributed by atoms with van der Waals surface area (Å²) in [5.74, 6) is 0.207. The smallest absolute Gasteiger partial charge is 0.320 e. The van der Waals surface area contributed by atoms with E-state index >= 15 is 0 Å². The Hall–Kier alpha value is -3.68. The molecule has 0 fully saturated rings. The fraction of sp³-hybridized carbons (Fsp3) is 0.276. The third-order valence-corrected chi connectivity index (χ3v) is 6.99. The van der Waals surface area contributed by atoms with Gasteiger partial charge in [-0.15, -0.1) is 12.4 Å². The number of rotatable bonds is 8. The van der Waals surface area contributed by atoms with Crippen molar-refractivity contribution in [3.63, 3.8) is 0 Å². The van der Waals surface area contributed by atoms with Crippen LogP contribution in [0.5, 0.6) is 5.75 Å². The Balaban J connectivity index is 0.00000320. The van der Waals surface area contributed by atoms with Crippen LogP contribution >= 0.6 is 12.4 Å². The molecule has 0 amide bonds. The van der Waals surface area contributed by atoms with E-state index in [1.165, 1.54) is 11.1 Å². The monoisotopic (exact) mass is 518 g/mol. The van der Waals surface area contributed by atoms with Gasteiger partial charge in [0.2, 0.25) is 0 Å². The van der Waals surface area contributed by atoms with E-state index in [0.717, 1.165) is 52.9 Å². The van der Waals surface area contributed by atoms with E-state index in [4.69, 9.17) is 15.6 Å². The Labute approximate surface area is 222 Å². The number of hydrogen-bond acceptors (Lipinski definition) is 5. The second-order valence-corrected chi connectivity index (χ2v) is 9.38. The molecule has 7 nitrogen and oxygen atoms in total. The zero-order chi connectivity index (χ0) is 25.1. The predicted molar refractivity (Wildman–Crippen MR) is 148 cm³/mol. The number of ether oxygens (including phenoxy) is 1. The molecule has 8 heteroatoms. The van der Waals surface area contributed by atoms with E-state index in [-0.39, 0.29) is 12.4 Å². The average molecular weight is 519 g/mol. The molecule has 0 saturated heterocycles. The zero-order valence-corrected chi connectivity index (χ0v) is 21.5. The first-order chi connectivity index (χ1) is 17.5. The molecule has 192 valence electrons. The van der Waals surface area contributed by atoms with Gasteiger partial charge in [-0.3, -0.25) is 4.79 Å². The van der Waals surface area contributed by atoms with Gasteiger partial charge in [0.05, 0.1) is 12.8 Å². The number of halogens is 1. The van der Waals surface area contributed by atoms with E-state index in [2.05, 4.69) is 63.2 Å². The summed E-state index contributed by atoms with van der Waals surface area (Å²) >= 11 is 0. The van der Waals surface area contributed by atoms with Crippen LogP contribution in [0.2, 0.25) is 0 Å². The summed E-state index contributed by atoms with van der Waals surface area (Å²) in [7, 11) is 1.68. The number of allylic oxidation sites excluding steroid dienone is 2. The molecule has 5 rings (SSSR count). The van der Waals surface area contributed by atoms with Crippen LogP contribution < -0.4 is 10.5 Å². The van der Waals surface area contributed by atoms with E-state index in [1.54, 1.807) is 13.4 Å². The average Bonchev–Trinajstić information content (AvgIpc) is 3.32. The summed E-state index contributed by atoms with van der Waals surface area (Å²) in [6.07, 6.45) is 9.00. The van der Waals surface area contributed by atoms with Gasteiger partial charge in [-0.2, -0.15) is 0 Å². The highest BCUT2D eigenvalue weighted by atomic mass is 35.5. The maximum Gasteiger partial charge on any atom is 0.320 e. The lowest BCUT2D eigenvalue weighted by Crippen LogP contribution is -2.32. The van der Waals surface area contributed by atoms with Crippen molar-refractivity contribution >= 4 is 35.0 Å². The van der Waals surface area contributed by atoms with Crippen LogP contribution in [0.1, 0.15) is 36.9 Å². The number of carbonyl (C=O) groups is 1. The van der Waals surface area contributed by atoms with Crippen molar-refractivity contribution in [2.75, 3.05) is 7.11 Å². The molecule has 2 heterocycles. The second-order valence-electron chi connectivity index (χ2n) is 9.38. The summed E-state index contributed by atoms with van der Waals surface area (Å²) < 4.78 is 7.50. The first kappa shape index (κ1) is 26.4. The van der Waals surface area contributed by atoms with E-state index < -0.39 is 12.0 Å². The normalized spacial score (nSPS) is 16.1. The van der Waals surface area contributed by atoms with Gasteiger partial charge in [0.25, 0.3) is 0 Å². The molecule has 37 heavy (non-hydrogen) atoms.